The minimum atomic E-state index is -5.38. The first-order valence-corrected chi connectivity index (χ1v) is 12.1. The maximum atomic E-state index is 13.6. The van der Waals surface area contributed by atoms with Gasteiger partial charge < -0.3 is 19.4 Å². The number of carbonyl (C=O) groups is 1. The van der Waals surface area contributed by atoms with E-state index in [1.165, 1.54) is 17.0 Å². The number of ether oxygens (including phenoxy) is 2. The smallest absolute Gasteiger partial charge is 0.395 e. The molecule has 0 saturated heterocycles. The monoisotopic (exact) mass is 601 g/mol. The van der Waals surface area contributed by atoms with Gasteiger partial charge in [0.2, 0.25) is 5.91 Å². The molecule has 0 radical (unpaired) electrons. The van der Waals surface area contributed by atoms with Crippen LogP contribution in [0, 0.1) is 0 Å². The molecule has 1 saturated carbocycles. The number of halogens is 8. The lowest BCUT2D eigenvalue weighted by Crippen LogP contribution is -2.39. The Morgan fingerprint density at radius 3 is 2.36 bits per heavy atom. The van der Waals surface area contributed by atoms with Gasteiger partial charge in [-0.3, -0.25) is 9.59 Å². The molecule has 6 rings (SSSR count). The van der Waals surface area contributed by atoms with E-state index in [0.717, 1.165) is 18.5 Å². The number of imidazole rings is 1. The number of carbonyl (C=O) groups excluding carboxylic acids is 1. The molecular weight excluding hydrogens is 586 g/mol. The van der Waals surface area contributed by atoms with Crippen LogP contribution >= 0.6 is 0 Å². The minimum absolute atomic E-state index is 0.147. The molecule has 3 heterocycles. The van der Waals surface area contributed by atoms with Crippen molar-refractivity contribution in [3.8, 4) is 22.8 Å². The highest BCUT2D eigenvalue weighted by molar-refractivity contribution is 5.95. The van der Waals surface area contributed by atoms with Crippen molar-refractivity contribution in [1.29, 1.82) is 0 Å². The van der Waals surface area contributed by atoms with Crippen LogP contribution in [0.5, 0.6) is 11.5 Å². The van der Waals surface area contributed by atoms with Crippen molar-refractivity contribution in [2.45, 2.75) is 44.1 Å². The lowest BCUT2D eigenvalue weighted by atomic mass is 10.0. The van der Waals surface area contributed by atoms with Gasteiger partial charge in [0, 0.05) is 23.4 Å². The molecule has 1 aliphatic heterocycles. The largest absolute Gasteiger partial charge is 0.586 e. The topological polar surface area (TPSA) is 102 Å². The van der Waals surface area contributed by atoms with E-state index in [1.54, 1.807) is 0 Å². The van der Waals surface area contributed by atoms with Crippen molar-refractivity contribution in [2.24, 2.45) is 0 Å². The van der Waals surface area contributed by atoms with Crippen molar-refractivity contribution >= 4 is 22.6 Å². The molecular formula is C25H15F8N5O4. The van der Waals surface area contributed by atoms with Crippen molar-refractivity contribution in [3.05, 3.63) is 64.2 Å². The van der Waals surface area contributed by atoms with Crippen molar-refractivity contribution in [3.63, 3.8) is 0 Å². The molecule has 2 aliphatic rings. The predicted octanol–water partition coefficient (Wildman–Crippen LogP) is 5.34. The molecule has 1 amide bonds. The average molecular weight is 601 g/mol. The molecule has 0 unspecified atom stereocenters. The van der Waals surface area contributed by atoms with E-state index in [0.29, 0.717) is 17.5 Å². The maximum Gasteiger partial charge on any atom is 0.586 e. The lowest BCUT2D eigenvalue weighted by Gasteiger charge is -2.23. The normalized spacial score (nSPS) is 16.2. The zero-order chi connectivity index (χ0) is 30.2. The Labute approximate surface area is 228 Å². The number of aromatic amines is 1. The number of aromatic nitrogens is 4. The van der Waals surface area contributed by atoms with Gasteiger partial charge in [0.15, 0.2) is 17.0 Å². The molecule has 0 bridgehead atoms. The first kappa shape index (κ1) is 27.5. The van der Waals surface area contributed by atoms with E-state index < -0.39 is 53.3 Å². The van der Waals surface area contributed by atoms with Crippen molar-refractivity contribution in [1.82, 2.24) is 19.7 Å². The number of amides is 1. The average Bonchev–Trinajstić information content (AvgIpc) is 3.48. The summed E-state index contributed by atoms with van der Waals surface area (Å²) >= 11 is 0. The second-order valence-electron chi connectivity index (χ2n) is 9.49. The van der Waals surface area contributed by atoms with E-state index >= 15 is 0 Å². The Hall–Kier alpha value is -4.70. The van der Waals surface area contributed by atoms with Crippen LogP contribution in [-0.2, 0) is 23.7 Å². The summed E-state index contributed by atoms with van der Waals surface area (Å²) in [6.45, 7) is -0.761. The van der Waals surface area contributed by atoms with E-state index in [1.807, 2.05) is 0 Å². The molecule has 9 nitrogen and oxygen atoms in total. The lowest BCUT2D eigenvalue weighted by molar-refractivity contribution is -0.286. The highest BCUT2D eigenvalue weighted by Gasteiger charge is 2.45. The van der Waals surface area contributed by atoms with E-state index in [4.69, 9.17) is 0 Å². The summed E-state index contributed by atoms with van der Waals surface area (Å²) in [5.74, 6) is -1.32. The fourth-order valence-corrected chi connectivity index (χ4v) is 4.64. The zero-order valence-corrected chi connectivity index (χ0v) is 20.7. The van der Waals surface area contributed by atoms with Gasteiger partial charge in [0.05, 0.1) is 23.0 Å². The number of benzene rings is 2. The van der Waals surface area contributed by atoms with Crippen LogP contribution in [0.3, 0.4) is 0 Å². The van der Waals surface area contributed by atoms with Gasteiger partial charge in [0.1, 0.15) is 12.2 Å². The molecule has 2 aromatic carbocycles. The highest BCUT2D eigenvalue weighted by atomic mass is 19.4. The van der Waals surface area contributed by atoms with E-state index in [9.17, 15) is 44.7 Å². The number of rotatable bonds is 5. The second-order valence-corrected chi connectivity index (χ2v) is 9.49. The SMILES string of the molecule is O=C(Cn1nc(-c2ccc(C(F)(F)F)c(C(F)(F)F)c2)c2[nH]cnc2c1=O)N(c1ccc2c(c1)OC(F)(F)O2)C1CC1. The third-order valence-electron chi connectivity index (χ3n) is 6.57. The number of fused-ring (bicyclic) bond motifs is 2. The fraction of sp³-hybridized carbons (Fsp3) is 0.280. The summed E-state index contributed by atoms with van der Waals surface area (Å²) in [7, 11) is 0. The predicted molar refractivity (Wildman–Crippen MR) is 127 cm³/mol. The molecule has 17 heteroatoms. The van der Waals surface area contributed by atoms with Gasteiger partial charge in [-0.25, -0.2) is 9.67 Å². The number of H-pyrrole nitrogens is 1. The molecule has 1 aliphatic carbocycles. The third-order valence-corrected chi connectivity index (χ3v) is 6.57. The van der Waals surface area contributed by atoms with Gasteiger partial charge in [-0.15, -0.1) is 8.78 Å². The number of nitrogens with one attached hydrogen (secondary N) is 1. The van der Waals surface area contributed by atoms with Gasteiger partial charge in [-0.05, 0) is 37.1 Å². The molecule has 4 aromatic rings. The summed E-state index contributed by atoms with van der Waals surface area (Å²) in [5.41, 5.74) is -5.92. The van der Waals surface area contributed by atoms with Crippen molar-refractivity contribution < 1.29 is 49.4 Å². The Kier molecular flexibility index (Phi) is 5.99. The second kappa shape index (κ2) is 9.15. The summed E-state index contributed by atoms with van der Waals surface area (Å²) in [6, 6.07) is 4.57. The van der Waals surface area contributed by atoms with Crippen LogP contribution in [-0.4, -0.2) is 38.0 Å². The number of alkyl halides is 8. The Balaban J connectivity index is 1.40. The van der Waals surface area contributed by atoms with Crippen LogP contribution in [0.25, 0.3) is 22.3 Å². The Morgan fingerprint density at radius 2 is 1.69 bits per heavy atom. The van der Waals surface area contributed by atoms with E-state index in [-0.39, 0.29) is 52.1 Å². The minimum Gasteiger partial charge on any atom is -0.395 e. The van der Waals surface area contributed by atoms with E-state index in [2.05, 4.69) is 24.5 Å². The standard InChI is InChI=1S/C25H15F8N5O4/c26-23(27,28)14-5-1-11(7-15(14)24(29,30)31)19-20-21(35-10-34-20)22(40)37(36-19)9-18(39)38(12-2-3-12)13-4-6-16-17(8-13)42-25(32,33)41-16/h1,4-8,10,12H,2-3,9H2,(H,34,35). The van der Waals surface area contributed by atoms with Gasteiger partial charge in [-0.1, -0.05) is 6.07 Å². The van der Waals surface area contributed by atoms with Crippen LogP contribution in [0.15, 0.2) is 47.5 Å². The molecule has 0 spiro atoms. The Bertz CT molecular complexity index is 1790. The molecule has 42 heavy (non-hydrogen) atoms. The van der Waals surface area contributed by atoms with Gasteiger partial charge in [-0.2, -0.15) is 31.4 Å². The summed E-state index contributed by atoms with van der Waals surface area (Å²) in [6.07, 6.45) is -12.4. The first-order chi connectivity index (χ1) is 19.6. The number of nitrogens with zero attached hydrogens (tertiary/aromatic N) is 4. The number of hydrogen-bond acceptors (Lipinski definition) is 6. The van der Waals surface area contributed by atoms with Gasteiger partial charge >= 0.3 is 18.6 Å². The van der Waals surface area contributed by atoms with Gasteiger partial charge in [0.25, 0.3) is 5.56 Å². The third kappa shape index (κ3) is 4.87. The number of anilines is 1. The first-order valence-electron chi connectivity index (χ1n) is 12.1. The van der Waals surface area contributed by atoms with Crippen LogP contribution in [0.1, 0.15) is 24.0 Å². The number of hydrogen-bond donors (Lipinski definition) is 1. The highest BCUT2D eigenvalue weighted by Crippen LogP contribution is 2.45. The van der Waals surface area contributed by atoms with Crippen molar-refractivity contribution in [2.75, 3.05) is 4.90 Å². The maximum absolute atomic E-state index is 13.6. The quantitative estimate of drug-likeness (QED) is 0.310. The fourth-order valence-electron chi connectivity index (χ4n) is 4.64. The molecule has 0 atom stereocenters. The molecule has 2 aromatic heterocycles. The molecule has 220 valence electrons. The molecule has 1 fully saturated rings. The zero-order valence-electron chi connectivity index (χ0n) is 20.7. The summed E-state index contributed by atoms with van der Waals surface area (Å²) in [5, 5.41) is 4.02. The van der Waals surface area contributed by atoms with Crippen LogP contribution in [0.4, 0.5) is 40.8 Å². The Morgan fingerprint density at radius 1 is 1.00 bits per heavy atom. The summed E-state index contributed by atoms with van der Waals surface area (Å²) < 4.78 is 117. The summed E-state index contributed by atoms with van der Waals surface area (Å²) in [4.78, 5) is 34.2. The van der Waals surface area contributed by atoms with Crippen LogP contribution < -0.4 is 19.9 Å². The van der Waals surface area contributed by atoms with Crippen LogP contribution in [0.2, 0.25) is 0 Å². The molecule has 1 N–H and O–H groups in total.